The van der Waals surface area contributed by atoms with Crippen LogP contribution in [0.25, 0.3) is 5.57 Å². The molecule has 0 aliphatic carbocycles. The van der Waals surface area contributed by atoms with Crippen LogP contribution in [0.15, 0.2) is 53.3 Å². The summed E-state index contributed by atoms with van der Waals surface area (Å²) in [5, 5.41) is 2.86. The Kier molecular flexibility index (Phi) is 8.39. The number of carbonyl (C=O) groups is 1. The number of amides is 1. The monoisotopic (exact) mass is 525 g/mol. The van der Waals surface area contributed by atoms with Gasteiger partial charge in [-0.05, 0) is 35.7 Å². The number of alkyl halides is 5. The van der Waals surface area contributed by atoms with Crippen molar-refractivity contribution in [2.75, 3.05) is 32.6 Å². The summed E-state index contributed by atoms with van der Waals surface area (Å²) < 4.78 is 72.8. The number of ether oxygens (including phenoxy) is 1. The molecule has 1 aromatic carbocycles. The number of nitrogens with zero attached hydrogens (tertiary/aromatic N) is 3. The van der Waals surface area contributed by atoms with E-state index < -0.39 is 48.5 Å². The van der Waals surface area contributed by atoms with Crippen molar-refractivity contribution >= 4 is 23.5 Å². The second-order valence-corrected chi connectivity index (χ2v) is 8.80. The summed E-state index contributed by atoms with van der Waals surface area (Å²) in [6.45, 7) is 0.694. The molecule has 0 radical (unpaired) electrons. The van der Waals surface area contributed by atoms with E-state index in [1.807, 2.05) is 0 Å². The minimum atomic E-state index is -4.54. The first-order valence-electron chi connectivity index (χ1n) is 11.4. The molecule has 1 amide bonds. The van der Waals surface area contributed by atoms with Gasteiger partial charge in [0.15, 0.2) is 0 Å². The van der Waals surface area contributed by atoms with E-state index in [9.17, 15) is 26.7 Å². The third-order valence-corrected chi connectivity index (χ3v) is 6.08. The van der Waals surface area contributed by atoms with Crippen LogP contribution in [0.3, 0.4) is 0 Å². The molecule has 1 saturated heterocycles. The molecule has 3 rings (SSSR count). The highest BCUT2D eigenvalue weighted by molar-refractivity contribution is 6.18. The number of anilines is 1. The Hall–Kier alpha value is -3.70. The minimum absolute atomic E-state index is 0.0228. The SMILES string of the molecule is CN=CC(=C(N)C(=O)N1CC(F)(F)C[C@@H](C)C1CNc1ccc(C(F)(F)F)cn1)c1cccc(OC)c1. The van der Waals surface area contributed by atoms with Crippen LogP contribution in [-0.4, -0.2) is 61.2 Å². The van der Waals surface area contributed by atoms with E-state index in [0.717, 1.165) is 17.0 Å². The quantitative estimate of drug-likeness (QED) is 0.316. The number of hydrogen-bond acceptors (Lipinski definition) is 6. The number of carbonyl (C=O) groups excluding carboxylic acids is 1. The van der Waals surface area contributed by atoms with Crippen LogP contribution in [0.4, 0.5) is 27.8 Å². The van der Waals surface area contributed by atoms with Crippen LogP contribution < -0.4 is 15.8 Å². The zero-order chi connectivity index (χ0) is 27.4. The van der Waals surface area contributed by atoms with Crippen LogP contribution in [0.1, 0.15) is 24.5 Å². The number of hydrogen-bond donors (Lipinski definition) is 2. The summed E-state index contributed by atoms with van der Waals surface area (Å²) in [5.41, 5.74) is 5.79. The molecule has 1 aromatic heterocycles. The molecular formula is C25H28F5N5O2. The van der Waals surface area contributed by atoms with Crippen molar-refractivity contribution in [1.29, 1.82) is 0 Å². The average molecular weight is 526 g/mol. The van der Waals surface area contributed by atoms with Crippen molar-refractivity contribution in [3.05, 3.63) is 59.4 Å². The number of methoxy groups -OCH3 is 1. The fourth-order valence-electron chi connectivity index (χ4n) is 4.24. The van der Waals surface area contributed by atoms with Crippen molar-refractivity contribution in [2.24, 2.45) is 16.6 Å². The van der Waals surface area contributed by atoms with Crippen molar-refractivity contribution in [1.82, 2.24) is 9.88 Å². The Bertz CT molecular complexity index is 1160. The maximum Gasteiger partial charge on any atom is 0.417 e. The van der Waals surface area contributed by atoms with Gasteiger partial charge < -0.3 is 20.7 Å². The Morgan fingerprint density at radius 1 is 1.32 bits per heavy atom. The molecule has 200 valence electrons. The summed E-state index contributed by atoms with van der Waals surface area (Å²) in [5.74, 6) is -3.99. The Balaban J connectivity index is 1.91. The average Bonchev–Trinajstić information content (AvgIpc) is 2.84. The second kappa shape index (κ2) is 11.1. The molecule has 12 heteroatoms. The fourth-order valence-corrected chi connectivity index (χ4v) is 4.24. The number of benzene rings is 1. The molecule has 2 heterocycles. The largest absolute Gasteiger partial charge is 0.497 e. The number of rotatable bonds is 7. The number of allylic oxidation sites excluding steroid dienone is 1. The van der Waals surface area contributed by atoms with E-state index >= 15 is 0 Å². The maximum atomic E-state index is 14.6. The number of pyridine rings is 1. The van der Waals surface area contributed by atoms with Crippen molar-refractivity contribution in [2.45, 2.75) is 31.5 Å². The lowest BCUT2D eigenvalue weighted by molar-refractivity contribution is -0.148. The topological polar surface area (TPSA) is 92.8 Å². The first-order chi connectivity index (χ1) is 17.4. The van der Waals surface area contributed by atoms with Crippen LogP contribution in [0.5, 0.6) is 5.75 Å². The number of piperidine rings is 1. The molecule has 0 spiro atoms. The van der Waals surface area contributed by atoms with E-state index in [1.54, 1.807) is 31.2 Å². The number of aromatic nitrogens is 1. The molecule has 3 N–H and O–H groups in total. The molecule has 1 unspecified atom stereocenters. The smallest absolute Gasteiger partial charge is 0.417 e. The third kappa shape index (κ3) is 6.75. The molecular weight excluding hydrogens is 497 g/mol. The van der Waals surface area contributed by atoms with Gasteiger partial charge in [-0.25, -0.2) is 13.8 Å². The normalized spacial score (nSPS) is 20.5. The van der Waals surface area contributed by atoms with Gasteiger partial charge in [0.05, 0.1) is 25.3 Å². The first kappa shape index (κ1) is 27.9. The molecule has 1 aliphatic rings. The lowest BCUT2D eigenvalue weighted by atomic mass is 9.88. The number of likely N-dealkylation sites (tertiary alicyclic amines) is 1. The molecule has 37 heavy (non-hydrogen) atoms. The van der Waals surface area contributed by atoms with Crippen LogP contribution in [-0.2, 0) is 11.0 Å². The first-order valence-corrected chi connectivity index (χ1v) is 11.4. The van der Waals surface area contributed by atoms with E-state index in [2.05, 4.69) is 15.3 Å². The predicted octanol–water partition coefficient (Wildman–Crippen LogP) is 4.46. The van der Waals surface area contributed by atoms with Crippen LogP contribution in [0, 0.1) is 5.92 Å². The van der Waals surface area contributed by atoms with Crippen molar-refractivity contribution in [3.63, 3.8) is 0 Å². The lowest BCUT2D eigenvalue weighted by Crippen LogP contribution is -2.58. The van der Waals surface area contributed by atoms with Crippen molar-refractivity contribution < 1.29 is 31.5 Å². The van der Waals surface area contributed by atoms with Gasteiger partial charge in [-0.3, -0.25) is 9.79 Å². The summed E-state index contributed by atoms with van der Waals surface area (Å²) >= 11 is 0. The fraction of sp³-hybridized carbons (Fsp3) is 0.400. The lowest BCUT2D eigenvalue weighted by Gasteiger charge is -2.43. The highest BCUT2D eigenvalue weighted by Gasteiger charge is 2.46. The molecule has 0 saturated carbocycles. The van der Waals surface area contributed by atoms with Gasteiger partial charge in [0.2, 0.25) is 0 Å². The van der Waals surface area contributed by atoms with Crippen LogP contribution in [0.2, 0.25) is 0 Å². The second-order valence-electron chi connectivity index (χ2n) is 8.80. The standard InChI is InChI=1S/C25H28F5N5O2/c1-15-10-24(26,27)14-35(20(15)13-34-21-8-7-17(11-33-21)25(28,29)30)23(36)22(31)19(12-32-2)16-5-4-6-18(9-16)37-3/h4-9,11-12,15,20H,10,13-14,31H2,1-3H3,(H,33,34)/t15-,20?/m1/s1. The Morgan fingerprint density at radius 2 is 2.05 bits per heavy atom. The Morgan fingerprint density at radius 3 is 2.65 bits per heavy atom. The van der Waals surface area contributed by atoms with Gasteiger partial charge in [-0.1, -0.05) is 19.1 Å². The summed E-state index contributed by atoms with van der Waals surface area (Å²) in [7, 11) is 2.96. The number of halogens is 5. The highest BCUT2D eigenvalue weighted by atomic mass is 19.4. The zero-order valence-electron chi connectivity index (χ0n) is 20.5. The van der Waals surface area contributed by atoms with Crippen LogP contribution >= 0.6 is 0 Å². The zero-order valence-corrected chi connectivity index (χ0v) is 20.5. The summed E-state index contributed by atoms with van der Waals surface area (Å²) in [6, 6.07) is 7.98. The predicted molar refractivity (Wildman–Crippen MR) is 130 cm³/mol. The van der Waals surface area contributed by atoms with Gasteiger partial charge in [0.25, 0.3) is 11.8 Å². The van der Waals surface area contributed by atoms with Gasteiger partial charge in [0, 0.05) is 38.0 Å². The Labute approximate surface area is 211 Å². The van der Waals surface area contributed by atoms with E-state index in [4.69, 9.17) is 10.5 Å². The number of aliphatic imine (C=N–C) groups is 1. The highest BCUT2D eigenvalue weighted by Crippen LogP contribution is 2.36. The van der Waals surface area contributed by atoms with Gasteiger partial charge in [0.1, 0.15) is 17.3 Å². The molecule has 1 aliphatic heterocycles. The van der Waals surface area contributed by atoms with E-state index in [0.29, 0.717) is 17.5 Å². The van der Waals surface area contributed by atoms with E-state index in [1.165, 1.54) is 20.4 Å². The van der Waals surface area contributed by atoms with Crippen molar-refractivity contribution in [3.8, 4) is 5.75 Å². The molecule has 1 fully saturated rings. The number of nitrogens with two attached hydrogens (primary N) is 1. The van der Waals surface area contributed by atoms with Gasteiger partial charge in [-0.15, -0.1) is 0 Å². The molecule has 2 aromatic rings. The summed E-state index contributed by atoms with van der Waals surface area (Å²) in [6.07, 6.45) is -2.96. The maximum absolute atomic E-state index is 14.6. The van der Waals surface area contributed by atoms with Gasteiger partial charge >= 0.3 is 6.18 Å². The molecule has 7 nitrogen and oxygen atoms in total. The molecule has 0 bridgehead atoms. The third-order valence-electron chi connectivity index (χ3n) is 6.08. The molecule has 2 atom stereocenters. The summed E-state index contributed by atoms with van der Waals surface area (Å²) in [4.78, 5) is 22.2. The van der Waals surface area contributed by atoms with E-state index in [-0.39, 0.29) is 23.6 Å². The van der Waals surface area contributed by atoms with Gasteiger partial charge in [-0.2, -0.15) is 13.2 Å². The number of nitrogens with one attached hydrogen (secondary N) is 1. The minimum Gasteiger partial charge on any atom is -0.497 e.